The van der Waals surface area contributed by atoms with Crippen molar-refractivity contribution in [3.05, 3.63) is 29.8 Å². The van der Waals surface area contributed by atoms with Crippen LogP contribution in [0.15, 0.2) is 24.3 Å². The number of nitrogens with one attached hydrogen (secondary N) is 1. The Morgan fingerprint density at radius 2 is 2.00 bits per heavy atom. The van der Waals surface area contributed by atoms with Crippen LogP contribution in [0.5, 0.6) is 0 Å². The lowest BCUT2D eigenvalue weighted by molar-refractivity contribution is 0.597. The lowest BCUT2D eigenvalue weighted by Gasteiger charge is -2.10. The van der Waals surface area contributed by atoms with E-state index in [1.54, 1.807) is 6.07 Å². The van der Waals surface area contributed by atoms with E-state index in [4.69, 9.17) is 0 Å². The van der Waals surface area contributed by atoms with Gasteiger partial charge in [0.1, 0.15) is 0 Å². The lowest BCUT2D eigenvalue weighted by atomic mass is 10.2. The molecule has 1 N–H and O–H groups in total. The van der Waals surface area contributed by atoms with Gasteiger partial charge in [0.2, 0.25) is 10.0 Å². The van der Waals surface area contributed by atoms with Crippen molar-refractivity contribution in [2.75, 3.05) is 10.5 Å². The molecule has 1 aliphatic carbocycles. The van der Waals surface area contributed by atoms with E-state index >= 15 is 0 Å². The second-order valence-electron chi connectivity index (χ2n) is 4.12. The second kappa shape index (κ2) is 4.75. The van der Waals surface area contributed by atoms with Crippen LogP contribution >= 0.6 is 15.9 Å². The number of anilines is 1. The van der Waals surface area contributed by atoms with Crippen LogP contribution in [0.3, 0.4) is 0 Å². The Balaban J connectivity index is 2.12. The van der Waals surface area contributed by atoms with E-state index in [-0.39, 0.29) is 5.75 Å². The minimum absolute atomic E-state index is 0.254. The number of para-hydroxylation sites is 1. The number of rotatable bonds is 5. The van der Waals surface area contributed by atoms with Crippen molar-refractivity contribution < 1.29 is 8.42 Å². The molecule has 0 radical (unpaired) electrons. The van der Waals surface area contributed by atoms with E-state index in [0.717, 1.165) is 18.4 Å². The number of benzene rings is 1. The Kier molecular flexibility index (Phi) is 3.54. The molecule has 88 valence electrons. The lowest BCUT2D eigenvalue weighted by Crippen LogP contribution is -2.18. The summed E-state index contributed by atoms with van der Waals surface area (Å²) in [4.78, 5) is 0. The Morgan fingerprint density at radius 1 is 1.31 bits per heavy atom. The molecule has 16 heavy (non-hydrogen) atoms. The van der Waals surface area contributed by atoms with Crippen LogP contribution in [0.1, 0.15) is 18.4 Å². The molecule has 0 unspecified atom stereocenters. The van der Waals surface area contributed by atoms with Crippen molar-refractivity contribution in [1.29, 1.82) is 0 Å². The smallest absolute Gasteiger partial charge is 0.233 e. The minimum Gasteiger partial charge on any atom is -0.283 e. The normalized spacial score (nSPS) is 16.1. The summed E-state index contributed by atoms with van der Waals surface area (Å²) >= 11 is 3.34. The van der Waals surface area contributed by atoms with Gasteiger partial charge in [-0.05, 0) is 30.4 Å². The van der Waals surface area contributed by atoms with Crippen LogP contribution in [0, 0.1) is 5.92 Å². The first kappa shape index (κ1) is 11.9. The van der Waals surface area contributed by atoms with Crippen LogP contribution in [0.4, 0.5) is 5.69 Å². The van der Waals surface area contributed by atoms with Crippen molar-refractivity contribution in [2.45, 2.75) is 18.2 Å². The van der Waals surface area contributed by atoms with Gasteiger partial charge in [0.05, 0.1) is 11.4 Å². The Hall–Kier alpha value is -0.550. The Labute approximate surface area is 104 Å². The molecular formula is C11H14BrNO2S. The summed E-state index contributed by atoms with van der Waals surface area (Å²) in [7, 11) is -3.17. The van der Waals surface area contributed by atoms with Crippen LogP contribution in [0.2, 0.25) is 0 Å². The van der Waals surface area contributed by atoms with Gasteiger partial charge >= 0.3 is 0 Å². The predicted molar refractivity (Wildman–Crippen MR) is 69.2 cm³/mol. The average molecular weight is 304 g/mol. The molecule has 1 aliphatic rings. The molecule has 0 atom stereocenters. The standard InChI is InChI=1S/C11H14BrNO2S/c12-7-10-3-1-2-4-11(10)13-16(14,15)8-9-5-6-9/h1-4,9,13H,5-8H2. The molecule has 1 fully saturated rings. The Morgan fingerprint density at radius 3 is 2.62 bits per heavy atom. The van der Waals surface area contributed by atoms with Crippen LogP contribution in [-0.2, 0) is 15.4 Å². The second-order valence-corrected chi connectivity index (χ2v) is 6.45. The molecule has 0 aliphatic heterocycles. The molecular weight excluding hydrogens is 290 g/mol. The highest BCUT2D eigenvalue weighted by atomic mass is 79.9. The SMILES string of the molecule is O=S(=O)(CC1CC1)Nc1ccccc1CBr. The van der Waals surface area contributed by atoms with E-state index in [1.165, 1.54) is 0 Å². The van der Waals surface area contributed by atoms with Crippen LogP contribution in [0.25, 0.3) is 0 Å². The minimum atomic E-state index is -3.17. The summed E-state index contributed by atoms with van der Waals surface area (Å²) in [5.41, 5.74) is 1.64. The fraction of sp³-hybridized carbons (Fsp3) is 0.455. The number of hydrogen-bond donors (Lipinski definition) is 1. The van der Waals surface area contributed by atoms with E-state index in [2.05, 4.69) is 20.7 Å². The van der Waals surface area contributed by atoms with Crippen molar-refractivity contribution in [1.82, 2.24) is 0 Å². The van der Waals surface area contributed by atoms with Crippen molar-refractivity contribution in [3.63, 3.8) is 0 Å². The van der Waals surface area contributed by atoms with E-state index < -0.39 is 10.0 Å². The summed E-state index contributed by atoms with van der Waals surface area (Å²) in [5.74, 6) is 0.623. The van der Waals surface area contributed by atoms with Crippen LogP contribution in [-0.4, -0.2) is 14.2 Å². The molecule has 3 nitrogen and oxygen atoms in total. The molecule has 1 aromatic carbocycles. The average Bonchev–Trinajstić information content (AvgIpc) is 3.01. The van der Waals surface area contributed by atoms with Crippen molar-refractivity contribution >= 4 is 31.6 Å². The summed E-state index contributed by atoms with van der Waals surface area (Å²) in [6.07, 6.45) is 2.09. The molecule has 0 saturated heterocycles. The first-order valence-corrected chi connectivity index (χ1v) is 8.02. The van der Waals surface area contributed by atoms with Gasteiger partial charge in [-0.3, -0.25) is 4.72 Å². The number of sulfonamides is 1. The highest BCUT2D eigenvalue weighted by Crippen LogP contribution is 2.31. The first-order valence-electron chi connectivity index (χ1n) is 5.25. The molecule has 5 heteroatoms. The molecule has 0 aromatic heterocycles. The number of hydrogen-bond acceptors (Lipinski definition) is 2. The Bertz CT molecular complexity index is 469. The fourth-order valence-electron chi connectivity index (χ4n) is 1.54. The monoisotopic (exact) mass is 303 g/mol. The largest absolute Gasteiger partial charge is 0.283 e. The predicted octanol–water partition coefficient (Wildman–Crippen LogP) is 2.73. The van der Waals surface area contributed by atoms with Crippen molar-refractivity contribution in [2.24, 2.45) is 5.92 Å². The van der Waals surface area contributed by atoms with Crippen molar-refractivity contribution in [3.8, 4) is 0 Å². The molecule has 1 saturated carbocycles. The molecule has 1 aromatic rings. The molecule has 0 bridgehead atoms. The zero-order chi connectivity index (χ0) is 11.6. The van der Waals surface area contributed by atoms with Gasteiger partial charge < -0.3 is 0 Å². The highest BCUT2D eigenvalue weighted by molar-refractivity contribution is 9.08. The van der Waals surface area contributed by atoms with E-state index in [0.29, 0.717) is 16.9 Å². The zero-order valence-corrected chi connectivity index (χ0v) is 11.2. The van der Waals surface area contributed by atoms with Crippen LogP contribution < -0.4 is 4.72 Å². The third-order valence-corrected chi connectivity index (χ3v) is 4.62. The summed E-state index contributed by atoms with van der Waals surface area (Å²) < 4.78 is 26.2. The van der Waals surface area contributed by atoms with Gasteiger partial charge in [0.15, 0.2) is 0 Å². The summed E-state index contributed by atoms with van der Waals surface area (Å²) in [6, 6.07) is 7.43. The maximum Gasteiger partial charge on any atom is 0.233 e. The van der Waals surface area contributed by atoms with Gasteiger partial charge in [-0.2, -0.15) is 0 Å². The highest BCUT2D eigenvalue weighted by Gasteiger charge is 2.28. The summed E-state index contributed by atoms with van der Waals surface area (Å²) in [5, 5.41) is 0.648. The summed E-state index contributed by atoms with van der Waals surface area (Å²) in [6.45, 7) is 0. The van der Waals surface area contributed by atoms with Gasteiger partial charge in [-0.25, -0.2) is 8.42 Å². The van der Waals surface area contributed by atoms with Gasteiger partial charge in [-0.15, -0.1) is 0 Å². The van der Waals surface area contributed by atoms with E-state index in [1.807, 2.05) is 18.2 Å². The quantitative estimate of drug-likeness (QED) is 0.850. The third-order valence-electron chi connectivity index (χ3n) is 2.58. The number of halogens is 1. The zero-order valence-electron chi connectivity index (χ0n) is 8.82. The molecule has 0 heterocycles. The topological polar surface area (TPSA) is 46.2 Å². The molecule has 2 rings (SSSR count). The van der Waals surface area contributed by atoms with Gasteiger partial charge in [0.25, 0.3) is 0 Å². The molecule has 0 amide bonds. The van der Waals surface area contributed by atoms with E-state index in [9.17, 15) is 8.42 Å². The molecule has 0 spiro atoms. The van der Waals surface area contributed by atoms with Gasteiger partial charge in [-0.1, -0.05) is 34.1 Å². The first-order chi connectivity index (χ1) is 7.61. The van der Waals surface area contributed by atoms with Gasteiger partial charge in [0, 0.05) is 5.33 Å². The number of alkyl halides is 1. The maximum absolute atomic E-state index is 11.8. The maximum atomic E-state index is 11.8. The fourth-order valence-corrected chi connectivity index (χ4v) is 3.60. The third kappa shape index (κ3) is 3.22.